The monoisotopic (exact) mass is 305 g/mol. The third-order valence-electron chi connectivity index (χ3n) is 2.93. The van der Waals surface area contributed by atoms with E-state index in [1.807, 2.05) is 33.0 Å². The van der Waals surface area contributed by atoms with E-state index in [1.54, 1.807) is 24.3 Å². The van der Waals surface area contributed by atoms with Gasteiger partial charge in [-0.15, -0.1) is 0 Å². The molecule has 0 saturated heterocycles. The van der Waals surface area contributed by atoms with Gasteiger partial charge in [0.15, 0.2) is 0 Å². The van der Waals surface area contributed by atoms with E-state index in [0.29, 0.717) is 12.4 Å². The average Bonchev–Trinajstić information content (AvgIpc) is 2.37. The highest BCUT2D eigenvalue weighted by Gasteiger charge is 2.15. The van der Waals surface area contributed by atoms with Crippen molar-refractivity contribution in [2.24, 2.45) is 0 Å². The Morgan fingerprint density at radius 2 is 1.90 bits per heavy atom. The van der Waals surface area contributed by atoms with E-state index in [9.17, 15) is 8.42 Å². The molecule has 1 heterocycles. The van der Waals surface area contributed by atoms with E-state index in [1.165, 1.54) is 0 Å². The van der Waals surface area contributed by atoms with Crippen LogP contribution in [0.5, 0.6) is 0 Å². The number of anilines is 1. The SMILES string of the molecule is CNCc1cccc(S(=O)(=O)Nc2cc(C)cc(C)n2)c1. The van der Waals surface area contributed by atoms with Gasteiger partial charge in [-0.1, -0.05) is 12.1 Å². The van der Waals surface area contributed by atoms with Crippen molar-refractivity contribution in [1.29, 1.82) is 0 Å². The minimum atomic E-state index is -3.63. The number of benzene rings is 1. The molecule has 21 heavy (non-hydrogen) atoms. The molecule has 0 spiro atoms. The predicted octanol–water partition coefficient (Wildman–Crippen LogP) is 2.22. The molecule has 1 aromatic carbocycles. The van der Waals surface area contributed by atoms with Gasteiger partial charge >= 0.3 is 0 Å². The summed E-state index contributed by atoms with van der Waals surface area (Å²) in [5.74, 6) is 0.339. The lowest BCUT2D eigenvalue weighted by atomic mass is 10.2. The largest absolute Gasteiger partial charge is 0.316 e. The number of pyridine rings is 1. The van der Waals surface area contributed by atoms with Crippen LogP contribution < -0.4 is 10.0 Å². The number of rotatable bonds is 5. The van der Waals surface area contributed by atoms with E-state index in [2.05, 4.69) is 15.0 Å². The molecule has 0 amide bonds. The van der Waals surface area contributed by atoms with Crippen molar-refractivity contribution in [3.05, 3.63) is 53.2 Å². The van der Waals surface area contributed by atoms with Gasteiger partial charge in [0.25, 0.3) is 10.0 Å². The standard InChI is InChI=1S/C15H19N3O2S/c1-11-7-12(2)17-15(8-11)18-21(19,20)14-6-4-5-13(9-14)10-16-3/h4-9,16H,10H2,1-3H3,(H,17,18). The number of aryl methyl sites for hydroxylation is 2. The van der Waals surface area contributed by atoms with E-state index in [4.69, 9.17) is 0 Å². The Hall–Kier alpha value is -1.92. The van der Waals surface area contributed by atoms with E-state index >= 15 is 0 Å². The van der Waals surface area contributed by atoms with Crippen molar-refractivity contribution in [1.82, 2.24) is 10.3 Å². The van der Waals surface area contributed by atoms with E-state index in [0.717, 1.165) is 16.8 Å². The number of hydrogen-bond acceptors (Lipinski definition) is 4. The molecular formula is C15H19N3O2S. The maximum Gasteiger partial charge on any atom is 0.263 e. The molecular weight excluding hydrogens is 286 g/mol. The van der Waals surface area contributed by atoms with Crippen LogP contribution in [-0.4, -0.2) is 20.4 Å². The first-order chi connectivity index (χ1) is 9.90. The van der Waals surface area contributed by atoms with Gasteiger partial charge in [0.05, 0.1) is 4.90 Å². The molecule has 5 nitrogen and oxygen atoms in total. The third kappa shape index (κ3) is 4.03. The van der Waals surface area contributed by atoms with Gasteiger partial charge in [0, 0.05) is 12.2 Å². The zero-order chi connectivity index (χ0) is 15.5. The lowest BCUT2D eigenvalue weighted by Gasteiger charge is -2.10. The first-order valence-corrected chi connectivity index (χ1v) is 8.11. The summed E-state index contributed by atoms with van der Waals surface area (Å²) in [5, 5.41) is 3.00. The fourth-order valence-electron chi connectivity index (χ4n) is 2.12. The number of nitrogens with zero attached hydrogens (tertiary/aromatic N) is 1. The molecule has 1 aromatic heterocycles. The Bertz CT molecular complexity index is 722. The molecule has 0 aliphatic heterocycles. The zero-order valence-electron chi connectivity index (χ0n) is 12.3. The summed E-state index contributed by atoms with van der Waals surface area (Å²) in [4.78, 5) is 4.43. The van der Waals surface area contributed by atoms with Crippen molar-refractivity contribution in [3.8, 4) is 0 Å². The van der Waals surface area contributed by atoms with Crippen molar-refractivity contribution < 1.29 is 8.42 Å². The molecule has 0 unspecified atom stereocenters. The van der Waals surface area contributed by atoms with E-state index < -0.39 is 10.0 Å². The summed E-state index contributed by atoms with van der Waals surface area (Å²) in [6.07, 6.45) is 0. The van der Waals surface area contributed by atoms with Gasteiger partial charge in [-0.25, -0.2) is 13.4 Å². The summed E-state index contributed by atoms with van der Waals surface area (Å²) in [7, 11) is -1.81. The Balaban J connectivity index is 2.31. The predicted molar refractivity (Wildman–Crippen MR) is 83.7 cm³/mol. The third-order valence-corrected chi connectivity index (χ3v) is 4.28. The molecule has 0 aliphatic rings. The van der Waals surface area contributed by atoms with Crippen molar-refractivity contribution in [3.63, 3.8) is 0 Å². The molecule has 0 bridgehead atoms. The minimum Gasteiger partial charge on any atom is -0.316 e. The highest BCUT2D eigenvalue weighted by molar-refractivity contribution is 7.92. The van der Waals surface area contributed by atoms with Crippen LogP contribution in [0.4, 0.5) is 5.82 Å². The van der Waals surface area contributed by atoms with Crippen LogP contribution in [-0.2, 0) is 16.6 Å². The molecule has 0 atom stereocenters. The number of aromatic nitrogens is 1. The number of nitrogens with one attached hydrogen (secondary N) is 2. The second kappa shape index (κ2) is 6.24. The highest BCUT2D eigenvalue weighted by atomic mass is 32.2. The maximum atomic E-state index is 12.4. The molecule has 0 saturated carbocycles. The van der Waals surface area contributed by atoms with Crippen molar-refractivity contribution >= 4 is 15.8 Å². The van der Waals surface area contributed by atoms with Crippen LogP contribution in [0.25, 0.3) is 0 Å². The molecule has 0 aliphatic carbocycles. The van der Waals surface area contributed by atoms with Crippen LogP contribution in [0.1, 0.15) is 16.8 Å². The van der Waals surface area contributed by atoms with Crippen LogP contribution in [0, 0.1) is 13.8 Å². The van der Waals surface area contributed by atoms with Gasteiger partial charge in [0.1, 0.15) is 5.82 Å². The van der Waals surface area contributed by atoms with Gasteiger partial charge in [-0.05, 0) is 56.3 Å². The van der Waals surface area contributed by atoms with Crippen LogP contribution in [0.3, 0.4) is 0 Å². The first-order valence-electron chi connectivity index (χ1n) is 6.62. The molecule has 0 radical (unpaired) electrons. The molecule has 2 rings (SSSR count). The second-order valence-electron chi connectivity index (χ2n) is 4.95. The smallest absolute Gasteiger partial charge is 0.263 e. The lowest BCUT2D eigenvalue weighted by Crippen LogP contribution is -2.15. The molecule has 6 heteroatoms. The maximum absolute atomic E-state index is 12.4. The van der Waals surface area contributed by atoms with Crippen LogP contribution in [0.15, 0.2) is 41.3 Å². The lowest BCUT2D eigenvalue weighted by molar-refractivity contribution is 0.601. The number of hydrogen-bond donors (Lipinski definition) is 2. The number of sulfonamides is 1. The summed E-state index contributed by atoms with van der Waals surface area (Å²) in [6.45, 7) is 4.35. The van der Waals surface area contributed by atoms with Crippen molar-refractivity contribution in [2.75, 3.05) is 11.8 Å². The fourth-order valence-corrected chi connectivity index (χ4v) is 3.18. The fraction of sp³-hybridized carbons (Fsp3) is 0.267. The second-order valence-corrected chi connectivity index (χ2v) is 6.64. The normalized spacial score (nSPS) is 11.4. The molecule has 112 valence electrons. The van der Waals surface area contributed by atoms with E-state index in [-0.39, 0.29) is 4.90 Å². The van der Waals surface area contributed by atoms with Gasteiger partial charge in [0.2, 0.25) is 0 Å². The molecule has 0 fully saturated rings. The van der Waals surface area contributed by atoms with Gasteiger partial charge in [-0.2, -0.15) is 0 Å². The first kappa shape index (κ1) is 15.5. The topological polar surface area (TPSA) is 71.1 Å². The molecule has 2 N–H and O–H groups in total. The Morgan fingerprint density at radius 1 is 1.14 bits per heavy atom. The minimum absolute atomic E-state index is 0.233. The average molecular weight is 305 g/mol. The summed E-state index contributed by atoms with van der Waals surface area (Å²) in [5.41, 5.74) is 2.65. The molecule has 2 aromatic rings. The van der Waals surface area contributed by atoms with Crippen LogP contribution in [0.2, 0.25) is 0 Å². The van der Waals surface area contributed by atoms with Crippen molar-refractivity contribution in [2.45, 2.75) is 25.3 Å². The highest BCUT2D eigenvalue weighted by Crippen LogP contribution is 2.17. The Morgan fingerprint density at radius 3 is 2.57 bits per heavy atom. The zero-order valence-corrected chi connectivity index (χ0v) is 13.2. The Labute approximate surface area is 125 Å². The summed E-state index contributed by atoms with van der Waals surface area (Å²) >= 11 is 0. The van der Waals surface area contributed by atoms with Gasteiger partial charge < -0.3 is 5.32 Å². The Kier molecular flexibility index (Phi) is 4.59. The summed E-state index contributed by atoms with van der Waals surface area (Å²) < 4.78 is 27.3. The summed E-state index contributed by atoms with van der Waals surface area (Å²) in [6, 6.07) is 10.4. The van der Waals surface area contributed by atoms with Crippen LogP contribution >= 0.6 is 0 Å². The van der Waals surface area contributed by atoms with Gasteiger partial charge in [-0.3, -0.25) is 4.72 Å². The quantitative estimate of drug-likeness (QED) is 0.888.